The molecule has 0 unspecified atom stereocenters. The molecule has 0 saturated heterocycles. The average Bonchev–Trinajstić information content (AvgIpc) is 2.44. The standard InChI is InChI=1S/C14H17NO/c1-5-6-15-10(2)7-11-12(15)8-14(3,4)9-13(11)16/h1,7H,6,8-9H2,2-4H3. The molecule has 0 N–H and O–H groups in total. The minimum absolute atomic E-state index is 0.0568. The van der Waals surface area contributed by atoms with Crippen LogP contribution in [0.3, 0.4) is 0 Å². The van der Waals surface area contributed by atoms with Gasteiger partial charge in [0.1, 0.15) is 0 Å². The van der Waals surface area contributed by atoms with Crippen molar-refractivity contribution >= 4 is 5.78 Å². The molecule has 0 bridgehead atoms. The number of Topliss-reactive ketones (excluding diaryl/α,β-unsaturated/α-hetero) is 1. The van der Waals surface area contributed by atoms with Crippen LogP contribution in [-0.4, -0.2) is 10.4 Å². The molecule has 84 valence electrons. The van der Waals surface area contributed by atoms with E-state index in [1.807, 2.05) is 13.0 Å². The lowest BCUT2D eigenvalue weighted by atomic mass is 9.76. The molecule has 0 aliphatic heterocycles. The summed E-state index contributed by atoms with van der Waals surface area (Å²) in [4.78, 5) is 12.0. The number of nitrogens with zero attached hydrogens (tertiary/aromatic N) is 1. The first-order valence-electron chi connectivity index (χ1n) is 5.60. The van der Waals surface area contributed by atoms with Crippen molar-refractivity contribution in [1.82, 2.24) is 4.57 Å². The molecule has 0 saturated carbocycles. The van der Waals surface area contributed by atoms with Gasteiger partial charge in [0.05, 0.1) is 6.54 Å². The van der Waals surface area contributed by atoms with Crippen molar-refractivity contribution in [2.75, 3.05) is 0 Å². The van der Waals surface area contributed by atoms with Crippen LogP contribution in [0.5, 0.6) is 0 Å². The first kappa shape index (κ1) is 11.0. The van der Waals surface area contributed by atoms with E-state index in [0.29, 0.717) is 13.0 Å². The summed E-state index contributed by atoms with van der Waals surface area (Å²) in [5.41, 5.74) is 3.15. The van der Waals surface area contributed by atoms with Crippen molar-refractivity contribution in [1.29, 1.82) is 0 Å². The Bertz CT molecular complexity index is 486. The topological polar surface area (TPSA) is 22.0 Å². The molecule has 2 rings (SSSR count). The second-order valence-electron chi connectivity index (χ2n) is 5.38. The van der Waals surface area contributed by atoms with Gasteiger partial charge in [-0.3, -0.25) is 4.79 Å². The van der Waals surface area contributed by atoms with Crippen molar-refractivity contribution in [2.24, 2.45) is 5.41 Å². The maximum absolute atomic E-state index is 12.0. The Morgan fingerprint density at radius 3 is 2.81 bits per heavy atom. The quantitative estimate of drug-likeness (QED) is 0.660. The van der Waals surface area contributed by atoms with Crippen LogP contribution < -0.4 is 0 Å². The molecule has 0 fully saturated rings. The third-order valence-corrected chi connectivity index (χ3v) is 3.25. The smallest absolute Gasteiger partial charge is 0.165 e. The zero-order valence-corrected chi connectivity index (χ0v) is 10.1. The summed E-state index contributed by atoms with van der Waals surface area (Å²) in [6.07, 6.45) is 6.94. The number of rotatable bonds is 1. The summed E-state index contributed by atoms with van der Waals surface area (Å²) in [5.74, 6) is 2.91. The van der Waals surface area contributed by atoms with Crippen molar-refractivity contribution in [2.45, 2.75) is 40.2 Å². The molecule has 16 heavy (non-hydrogen) atoms. The van der Waals surface area contributed by atoms with Crippen molar-refractivity contribution in [3.05, 3.63) is 23.0 Å². The van der Waals surface area contributed by atoms with Crippen LogP contribution >= 0.6 is 0 Å². The molecule has 2 nitrogen and oxygen atoms in total. The van der Waals surface area contributed by atoms with Gasteiger partial charge in [0.2, 0.25) is 0 Å². The highest BCUT2D eigenvalue weighted by molar-refractivity contribution is 5.99. The van der Waals surface area contributed by atoms with E-state index >= 15 is 0 Å². The number of aromatic nitrogens is 1. The predicted octanol–water partition coefficient (Wildman–Crippen LogP) is 2.58. The van der Waals surface area contributed by atoms with E-state index in [1.54, 1.807) is 0 Å². The predicted molar refractivity (Wildman–Crippen MR) is 64.4 cm³/mol. The van der Waals surface area contributed by atoms with Gasteiger partial charge < -0.3 is 4.57 Å². The van der Waals surface area contributed by atoms with Crippen LogP contribution in [0.2, 0.25) is 0 Å². The number of aryl methyl sites for hydroxylation is 1. The van der Waals surface area contributed by atoms with Crippen molar-refractivity contribution in [3.8, 4) is 12.3 Å². The fourth-order valence-electron chi connectivity index (χ4n) is 2.52. The van der Waals surface area contributed by atoms with Gasteiger partial charge in [-0.25, -0.2) is 0 Å². The van der Waals surface area contributed by atoms with Gasteiger partial charge in [-0.2, -0.15) is 0 Å². The normalized spacial score (nSPS) is 18.0. The number of carbonyl (C=O) groups is 1. The van der Waals surface area contributed by atoms with Crippen LogP contribution in [0.4, 0.5) is 0 Å². The van der Waals surface area contributed by atoms with Gasteiger partial charge in [-0.15, -0.1) is 6.42 Å². The molecule has 0 aromatic carbocycles. The summed E-state index contributed by atoms with van der Waals surface area (Å²) >= 11 is 0. The summed E-state index contributed by atoms with van der Waals surface area (Å²) in [6, 6.07) is 1.98. The number of terminal acetylenes is 1. The Morgan fingerprint density at radius 1 is 1.50 bits per heavy atom. The minimum atomic E-state index is 0.0568. The third kappa shape index (κ3) is 1.67. The molecule has 1 aliphatic carbocycles. The molecule has 2 heteroatoms. The monoisotopic (exact) mass is 215 g/mol. The molecule has 1 heterocycles. The molecular formula is C14H17NO. The Hall–Kier alpha value is -1.49. The van der Waals surface area contributed by atoms with Crippen LogP contribution in [0, 0.1) is 24.7 Å². The number of hydrogen-bond donors (Lipinski definition) is 0. The van der Waals surface area contributed by atoms with Gasteiger partial charge in [-0.05, 0) is 24.8 Å². The van der Waals surface area contributed by atoms with E-state index in [1.165, 1.54) is 0 Å². The molecule has 1 aliphatic rings. The van der Waals surface area contributed by atoms with Crippen LogP contribution in [0.15, 0.2) is 6.07 Å². The lowest BCUT2D eigenvalue weighted by Crippen LogP contribution is -2.28. The summed E-state index contributed by atoms with van der Waals surface area (Å²) in [5, 5.41) is 0. The zero-order valence-electron chi connectivity index (χ0n) is 10.1. The minimum Gasteiger partial charge on any atom is -0.337 e. The Labute approximate surface area is 96.7 Å². The highest BCUT2D eigenvalue weighted by atomic mass is 16.1. The number of hydrogen-bond acceptors (Lipinski definition) is 1. The van der Waals surface area contributed by atoms with Crippen molar-refractivity contribution < 1.29 is 4.79 Å². The highest BCUT2D eigenvalue weighted by Gasteiger charge is 2.33. The summed E-state index contributed by atoms with van der Waals surface area (Å²) < 4.78 is 2.09. The maximum Gasteiger partial charge on any atom is 0.165 e. The maximum atomic E-state index is 12.0. The first-order chi connectivity index (χ1) is 7.44. The third-order valence-electron chi connectivity index (χ3n) is 3.25. The molecule has 0 atom stereocenters. The summed E-state index contributed by atoms with van der Waals surface area (Å²) in [7, 11) is 0. The zero-order chi connectivity index (χ0) is 11.9. The molecule has 0 amide bonds. The van der Waals surface area contributed by atoms with E-state index in [0.717, 1.165) is 23.4 Å². The Morgan fingerprint density at radius 2 is 2.19 bits per heavy atom. The SMILES string of the molecule is C#CCn1c(C)cc2c1CC(C)(C)CC2=O. The number of carbonyl (C=O) groups excluding carboxylic acids is 1. The lowest BCUT2D eigenvalue weighted by Gasteiger charge is -2.29. The molecule has 0 spiro atoms. The fourth-order valence-corrected chi connectivity index (χ4v) is 2.52. The van der Waals surface area contributed by atoms with E-state index in [-0.39, 0.29) is 11.2 Å². The van der Waals surface area contributed by atoms with E-state index in [2.05, 4.69) is 24.3 Å². The van der Waals surface area contributed by atoms with Gasteiger partial charge in [0, 0.05) is 23.4 Å². The van der Waals surface area contributed by atoms with E-state index < -0.39 is 0 Å². The molecule has 1 aromatic rings. The first-order valence-corrected chi connectivity index (χ1v) is 5.60. The summed E-state index contributed by atoms with van der Waals surface area (Å²) in [6.45, 7) is 6.84. The van der Waals surface area contributed by atoms with Crippen LogP contribution in [0.1, 0.15) is 42.0 Å². The largest absolute Gasteiger partial charge is 0.337 e. The molecular weight excluding hydrogens is 198 g/mol. The van der Waals surface area contributed by atoms with Gasteiger partial charge in [0.25, 0.3) is 0 Å². The van der Waals surface area contributed by atoms with Gasteiger partial charge >= 0.3 is 0 Å². The van der Waals surface area contributed by atoms with Crippen LogP contribution in [0.25, 0.3) is 0 Å². The Kier molecular flexibility index (Phi) is 2.42. The highest BCUT2D eigenvalue weighted by Crippen LogP contribution is 2.36. The Balaban J connectivity index is 2.54. The molecule has 1 aromatic heterocycles. The van der Waals surface area contributed by atoms with Crippen LogP contribution in [-0.2, 0) is 13.0 Å². The second-order valence-corrected chi connectivity index (χ2v) is 5.38. The van der Waals surface area contributed by atoms with Crippen molar-refractivity contribution in [3.63, 3.8) is 0 Å². The molecule has 0 radical (unpaired) electrons. The second kappa shape index (κ2) is 3.52. The van der Waals surface area contributed by atoms with Gasteiger partial charge in [-0.1, -0.05) is 19.8 Å². The van der Waals surface area contributed by atoms with Gasteiger partial charge in [0.15, 0.2) is 5.78 Å². The van der Waals surface area contributed by atoms with E-state index in [9.17, 15) is 4.79 Å². The average molecular weight is 215 g/mol. The number of ketones is 1. The fraction of sp³-hybridized carbons (Fsp3) is 0.500. The lowest BCUT2D eigenvalue weighted by molar-refractivity contribution is 0.0910. The van der Waals surface area contributed by atoms with E-state index in [4.69, 9.17) is 6.42 Å². The number of fused-ring (bicyclic) bond motifs is 1.